The van der Waals surface area contributed by atoms with E-state index in [0.29, 0.717) is 5.69 Å². The summed E-state index contributed by atoms with van der Waals surface area (Å²) in [7, 11) is 0. The maximum absolute atomic E-state index is 13.4. The summed E-state index contributed by atoms with van der Waals surface area (Å²) < 4.78 is 1.98. The molecule has 1 aliphatic rings. The Morgan fingerprint density at radius 2 is 2.08 bits per heavy atom. The van der Waals surface area contributed by atoms with E-state index in [1.54, 1.807) is 22.7 Å². The van der Waals surface area contributed by atoms with Gasteiger partial charge >= 0.3 is 0 Å². The van der Waals surface area contributed by atoms with Gasteiger partial charge in [0.25, 0.3) is 5.91 Å². The Labute approximate surface area is 159 Å². The Bertz CT molecular complexity index is 1090. The van der Waals surface area contributed by atoms with E-state index < -0.39 is 0 Å². The molecule has 0 N–H and O–H groups in total. The lowest BCUT2D eigenvalue weighted by molar-refractivity contribution is 0.0693. The molecule has 0 radical (unpaired) electrons. The molecule has 0 aromatic carbocycles. The summed E-state index contributed by atoms with van der Waals surface area (Å²) in [5.74, 6) is 0.00310. The SMILES string of the molecule is Cc1cccc2nc(C(=O)N3CCc4sccc4C3c3cccs3)cn12. The van der Waals surface area contributed by atoms with Crippen LogP contribution in [0, 0.1) is 6.92 Å². The van der Waals surface area contributed by atoms with Crippen LogP contribution in [0.2, 0.25) is 0 Å². The molecule has 5 heterocycles. The van der Waals surface area contributed by atoms with Crippen molar-refractivity contribution in [1.82, 2.24) is 14.3 Å². The number of carbonyl (C=O) groups excluding carboxylic acids is 1. The number of aromatic nitrogens is 2. The summed E-state index contributed by atoms with van der Waals surface area (Å²) >= 11 is 3.49. The first-order valence-electron chi connectivity index (χ1n) is 8.58. The molecule has 0 fully saturated rings. The number of rotatable bonds is 2. The molecule has 1 aliphatic heterocycles. The van der Waals surface area contributed by atoms with Crippen molar-refractivity contribution in [3.63, 3.8) is 0 Å². The molecule has 0 bridgehead atoms. The molecule has 0 spiro atoms. The molecule has 26 heavy (non-hydrogen) atoms. The Hall–Kier alpha value is -2.44. The van der Waals surface area contributed by atoms with Gasteiger partial charge in [-0.2, -0.15) is 0 Å². The van der Waals surface area contributed by atoms with Crippen molar-refractivity contribution < 1.29 is 4.79 Å². The van der Waals surface area contributed by atoms with Crippen LogP contribution in [0.5, 0.6) is 0 Å². The number of aryl methyl sites for hydroxylation is 1. The minimum atomic E-state index is -0.0107. The monoisotopic (exact) mass is 379 g/mol. The van der Waals surface area contributed by atoms with Crippen molar-refractivity contribution in [2.24, 2.45) is 0 Å². The molecule has 1 unspecified atom stereocenters. The van der Waals surface area contributed by atoms with E-state index >= 15 is 0 Å². The standard InChI is InChI=1S/C20H17N3OS2/c1-13-4-2-6-18-21-15(12-23(13)18)20(24)22-9-7-16-14(8-11-26-16)19(22)17-5-3-10-25-17/h2-6,8,10-12,19H,7,9H2,1H3. The minimum Gasteiger partial charge on any atom is -0.325 e. The van der Waals surface area contributed by atoms with Gasteiger partial charge in [0.2, 0.25) is 0 Å². The van der Waals surface area contributed by atoms with Crippen LogP contribution in [-0.2, 0) is 6.42 Å². The van der Waals surface area contributed by atoms with Crippen LogP contribution in [0.25, 0.3) is 5.65 Å². The topological polar surface area (TPSA) is 37.6 Å². The molecule has 4 aromatic rings. The average Bonchev–Trinajstić information content (AvgIpc) is 3.39. The van der Waals surface area contributed by atoms with E-state index in [1.165, 1.54) is 15.3 Å². The summed E-state index contributed by atoms with van der Waals surface area (Å²) in [4.78, 5) is 22.5. The summed E-state index contributed by atoms with van der Waals surface area (Å²) in [5.41, 5.74) is 3.66. The fourth-order valence-electron chi connectivity index (χ4n) is 3.69. The molecule has 6 heteroatoms. The number of hydrogen-bond acceptors (Lipinski definition) is 4. The number of pyridine rings is 1. The van der Waals surface area contributed by atoms with Crippen molar-refractivity contribution in [2.45, 2.75) is 19.4 Å². The fraction of sp³-hybridized carbons (Fsp3) is 0.200. The summed E-state index contributed by atoms with van der Waals surface area (Å²) in [6.07, 6.45) is 2.77. The Morgan fingerprint density at radius 3 is 2.88 bits per heavy atom. The highest BCUT2D eigenvalue weighted by atomic mass is 32.1. The van der Waals surface area contributed by atoms with Gasteiger partial charge in [0.15, 0.2) is 0 Å². The highest BCUT2D eigenvalue weighted by Gasteiger charge is 2.34. The van der Waals surface area contributed by atoms with Gasteiger partial charge < -0.3 is 9.30 Å². The largest absolute Gasteiger partial charge is 0.325 e. The van der Waals surface area contributed by atoms with E-state index in [4.69, 9.17) is 0 Å². The van der Waals surface area contributed by atoms with Crippen LogP contribution in [0.1, 0.15) is 37.5 Å². The van der Waals surface area contributed by atoms with Crippen LogP contribution in [-0.4, -0.2) is 26.7 Å². The van der Waals surface area contributed by atoms with Gasteiger partial charge in [-0.1, -0.05) is 12.1 Å². The number of amides is 1. The van der Waals surface area contributed by atoms with Gasteiger partial charge in [-0.25, -0.2) is 4.98 Å². The zero-order valence-electron chi connectivity index (χ0n) is 14.3. The zero-order valence-corrected chi connectivity index (χ0v) is 15.9. The van der Waals surface area contributed by atoms with Gasteiger partial charge in [0.1, 0.15) is 11.3 Å². The average molecular weight is 380 g/mol. The number of hydrogen-bond donors (Lipinski definition) is 0. The minimum absolute atomic E-state index is 0.00310. The van der Waals surface area contributed by atoms with Gasteiger partial charge in [0.05, 0.1) is 6.04 Å². The number of carbonyl (C=O) groups is 1. The van der Waals surface area contributed by atoms with E-state index in [2.05, 4.69) is 33.9 Å². The molecular weight excluding hydrogens is 362 g/mol. The van der Waals surface area contributed by atoms with Gasteiger partial charge in [-0.05, 0) is 53.9 Å². The molecule has 1 amide bonds. The van der Waals surface area contributed by atoms with Crippen LogP contribution in [0.15, 0.2) is 53.4 Å². The molecule has 1 atom stereocenters. The number of fused-ring (bicyclic) bond motifs is 2. The molecule has 4 nitrogen and oxygen atoms in total. The summed E-state index contributed by atoms with van der Waals surface area (Å²) in [5, 5.41) is 4.21. The highest BCUT2D eigenvalue weighted by molar-refractivity contribution is 7.10. The van der Waals surface area contributed by atoms with Crippen molar-refractivity contribution >= 4 is 34.2 Å². The van der Waals surface area contributed by atoms with E-state index in [9.17, 15) is 4.79 Å². The first-order valence-corrected chi connectivity index (χ1v) is 10.3. The van der Waals surface area contributed by atoms with Crippen LogP contribution < -0.4 is 0 Å². The first kappa shape index (κ1) is 15.8. The molecule has 0 saturated carbocycles. The normalized spacial score (nSPS) is 16.8. The van der Waals surface area contributed by atoms with E-state index in [0.717, 1.165) is 24.3 Å². The van der Waals surface area contributed by atoms with Crippen LogP contribution in [0.3, 0.4) is 0 Å². The second-order valence-corrected chi connectivity index (χ2v) is 8.47. The molecule has 5 rings (SSSR count). The predicted molar refractivity (Wildman–Crippen MR) is 105 cm³/mol. The lowest BCUT2D eigenvalue weighted by Gasteiger charge is -2.35. The fourth-order valence-corrected chi connectivity index (χ4v) is 5.45. The lowest BCUT2D eigenvalue weighted by atomic mass is 9.98. The molecular formula is C20H17N3OS2. The van der Waals surface area contributed by atoms with Crippen molar-refractivity contribution in [1.29, 1.82) is 0 Å². The Kier molecular flexibility index (Phi) is 3.69. The smallest absolute Gasteiger partial charge is 0.274 e. The molecule has 0 aliphatic carbocycles. The van der Waals surface area contributed by atoms with E-state index in [-0.39, 0.29) is 11.9 Å². The Morgan fingerprint density at radius 1 is 1.15 bits per heavy atom. The molecule has 4 aromatic heterocycles. The maximum atomic E-state index is 13.4. The maximum Gasteiger partial charge on any atom is 0.274 e. The first-order chi connectivity index (χ1) is 12.7. The number of imidazole rings is 1. The highest BCUT2D eigenvalue weighted by Crippen LogP contribution is 2.40. The number of thiophene rings is 2. The molecule has 130 valence electrons. The number of nitrogens with zero attached hydrogens (tertiary/aromatic N) is 3. The second-order valence-electron chi connectivity index (χ2n) is 6.49. The van der Waals surface area contributed by atoms with Crippen LogP contribution in [0.4, 0.5) is 0 Å². The quantitative estimate of drug-likeness (QED) is 0.512. The lowest BCUT2D eigenvalue weighted by Crippen LogP contribution is -2.39. The van der Waals surface area contributed by atoms with Crippen LogP contribution >= 0.6 is 22.7 Å². The molecule has 0 saturated heterocycles. The van der Waals surface area contributed by atoms with Crippen molar-refractivity contribution in [3.05, 3.63) is 80.1 Å². The second kappa shape index (κ2) is 6.07. The van der Waals surface area contributed by atoms with Gasteiger partial charge in [-0.15, -0.1) is 22.7 Å². The predicted octanol–water partition coefficient (Wildman–Crippen LogP) is 4.55. The summed E-state index contributed by atoms with van der Waals surface area (Å²) in [6, 6.07) is 12.3. The Balaban J connectivity index is 1.59. The van der Waals surface area contributed by atoms with Crippen molar-refractivity contribution in [3.8, 4) is 0 Å². The van der Waals surface area contributed by atoms with Gasteiger partial charge in [0, 0.05) is 28.2 Å². The zero-order chi connectivity index (χ0) is 17.7. The third-order valence-corrected chi connectivity index (χ3v) is 6.88. The van der Waals surface area contributed by atoms with Crippen molar-refractivity contribution in [2.75, 3.05) is 6.54 Å². The third kappa shape index (κ3) is 2.40. The third-order valence-electron chi connectivity index (χ3n) is 4.95. The van der Waals surface area contributed by atoms with Gasteiger partial charge in [-0.3, -0.25) is 4.79 Å². The summed E-state index contributed by atoms with van der Waals surface area (Å²) in [6.45, 7) is 2.75. The van der Waals surface area contributed by atoms with E-state index in [1.807, 2.05) is 40.6 Å².